The molecule has 0 fully saturated rings. The number of ether oxygens (including phenoxy) is 1. The molecule has 0 aliphatic carbocycles. The van der Waals surface area contributed by atoms with Gasteiger partial charge < -0.3 is 20.8 Å². The average Bonchev–Trinajstić information content (AvgIpc) is 3.44. The Labute approximate surface area is 182 Å². The van der Waals surface area contributed by atoms with Crippen LogP contribution in [0.2, 0.25) is 0 Å². The molecule has 1 atom stereocenters. The molecule has 0 saturated heterocycles. The molecule has 31 heavy (non-hydrogen) atoms. The van der Waals surface area contributed by atoms with Gasteiger partial charge in [-0.2, -0.15) is 0 Å². The van der Waals surface area contributed by atoms with Crippen LogP contribution in [0, 0.1) is 0 Å². The molecule has 3 heterocycles. The number of carbonyl (C=O) groups is 2. The number of benzene rings is 1. The standard InChI is InChI=1S/C22H21N5O3S/c1-12(16-4-3-9-31-16)18(28)15-10-24-20-17(15)19(23)26-21(27-20)22(29)25-14-7-5-13(6-8-14)11-30-2/h3-10,12H,11H2,1-2H3,(H,25,29)(H3,23,24,26,27). The summed E-state index contributed by atoms with van der Waals surface area (Å²) in [5.74, 6) is -0.908. The van der Waals surface area contributed by atoms with Gasteiger partial charge in [0.15, 0.2) is 5.78 Å². The summed E-state index contributed by atoms with van der Waals surface area (Å²) >= 11 is 1.52. The van der Waals surface area contributed by atoms with E-state index in [1.54, 1.807) is 25.4 Å². The van der Waals surface area contributed by atoms with Crippen LogP contribution in [0.1, 0.15) is 44.3 Å². The van der Waals surface area contributed by atoms with Gasteiger partial charge in [-0.1, -0.05) is 25.1 Å². The van der Waals surface area contributed by atoms with Crippen molar-refractivity contribution in [2.45, 2.75) is 19.4 Å². The van der Waals surface area contributed by atoms with Crippen molar-refractivity contribution in [3.8, 4) is 0 Å². The predicted molar refractivity (Wildman–Crippen MR) is 120 cm³/mol. The number of rotatable bonds is 7. The highest BCUT2D eigenvalue weighted by molar-refractivity contribution is 7.10. The molecule has 9 heteroatoms. The number of aromatic nitrogens is 3. The Bertz CT molecular complexity index is 1230. The smallest absolute Gasteiger partial charge is 0.293 e. The zero-order valence-corrected chi connectivity index (χ0v) is 17.8. The number of amides is 1. The maximum absolute atomic E-state index is 13.0. The van der Waals surface area contributed by atoms with Crippen molar-refractivity contribution in [2.24, 2.45) is 0 Å². The fourth-order valence-corrected chi connectivity index (χ4v) is 4.08. The minimum absolute atomic E-state index is 0.0774. The monoisotopic (exact) mass is 435 g/mol. The van der Waals surface area contributed by atoms with Gasteiger partial charge in [0.1, 0.15) is 11.5 Å². The molecule has 0 aliphatic heterocycles. The fourth-order valence-electron chi connectivity index (χ4n) is 3.29. The maximum Gasteiger partial charge on any atom is 0.293 e. The Morgan fingerprint density at radius 1 is 1.23 bits per heavy atom. The first-order valence-corrected chi connectivity index (χ1v) is 10.5. The van der Waals surface area contributed by atoms with Gasteiger partial charge in [-0.05, 0) is 29.1 Å². The first-order valence-electron chi connectivity index (χ1n) is 9.59. The Kier molecular flexibility index (Phi) is 5.79. The van der Waals surface area contributed by atoms with E-state index in [0.29, 0.717) is 28.9 Å². The summed E-state index contributed by atoms with van der Waals surface area (Å²) in [6, 6.07) is 11.1. The van der Waals surface area contributed by atoms with Crippen LogP contribution in [0.4, 0.5) is 11.5 Å². The number of H-pyrrole nitrogens is 1. The molecule has 4 rings (SSSR count). The lowest BCUT2D eigenvalue weighted by Gasteiger charge is -2.09. The summed E-state index contributed by atoms with van der Waals surface area (Å²) < 4.78 is 5.08. The molecule has 3 aromatic heterocycles. The van der Waals surface area contributed by atoms with Crippen LogP contribution in [0.3, 0.4) is 0 Å². The van der Waals surface area contributed by atoms with Crippen molar-refractivity contribution in [3.05, 3.63) is 69.8 Å². The maximum atomic E-state index is 13.0. The number of fused-ring (bicyclic) bond motifs is 1. The van der Waals surface area contributed by atoms with Crippen LogP contribution < -0.4 is 11.1 Å². The number of aromatic amines is 1. The summed E-state index contributed by atoms with van der Waals surface area (Å²) in [6.45, 7) is 2.34. The molecule has 0 radical (unpaired) electrons. The van der Waals surface area contributed by atoms with Crippen molar-refractivity contribution >= 4 is 45.6 Å². The Morgan fingerprint density at radius 2 is 2.00 bits per heavy atom. The highest BCUT2D eigenvalue weighted by atomic mass is 32.1. The van der Waals surface area contributed by atoms with Gasteiger partial charge in [0, 0.05) is 29.4 Å². The third-order valence-electron chi connectivity index (χ3n) is 4.91. The van der Waals surface area contributed by atoms with Gasteiger partial charge in [-0.25, -0.2) is 9.97 Å². The van der Waals surface area contributed by atoms with Crippen molar-refractivity contribution in [1.82, 2.24) is 15.0 Å². The van der Waals surface area contributed by atoms with Crippen LogP contribution >= 0.6 is 11.3 Å². The molecule has 1 unspecified atom stereocenters. The zero-order valence-electron chi connectivity index (χ0n) is 17.0. The summed E-state index contributed by atoms with van der Waals surface area (Å²) in [7, 11) is 1.62. The second-order valence-corrected chi connectivity index (χ2v) is 8.02. The third-order valence-corrected chi connectivity index (χ3v) is 5.97. The number of thiophene rings is 1. The first kappa shape index (κ1) is 20.7. The SMILES string of the molecule is COCc1ccc(NC(=O)c2nc(N)c3c(C(=O)C(C)c4cccs4)c[nH]c3n2)cc1. The number of anilines is 2. The molecule has 0 spiro atoms. The Morgan fingerprint density at radius 3 is 2.68 bits per heavy atom. The molecule has 1 aromatic carbocycles. The largest absolute Gasteiger partial charge is 0.383 e. The quantitative estimate of drug-likeness (QED) is 0.377. The van der Waals surface area contributed by atoms with E-state index in [4.69, 9.17) is 10.5 Å². The van der Waals surface area contributed by atoms with E-state index < -0.39 is 5.91 Å². The molecule has 0 bridgehead atoms. The Hall–Kier alpha value is -3.56. The first-order chi connectivity index (χ1) is 15.0. The van der Waals surface area contributed by atoms with Crippen LogP contribution in [-0.4, -0.2) is 33.8 Å². The number of nitrogens with zero attached hydrogens (tertiary/aromatic N) is 2. The van der Waals surface area contributed by atoms with Crippen LogP contribution in [-0.2, 0) is 11.3 Å². The summed E-state index contributed by atoms with van der Waals surface area (Å²) in [4.78, 5) is 38.0. The third kappa shape index (κ3) is 4.18. The van der Waals surface area contributed by atoms with E-state index in [2.05, 4.69) is 20.3 Å². The van der Waals surface area contributed by atoms with Gasteiger partial charge in [0.2, 0.25) is 5.82 Å². The van der Waals surface area contributed by atoms with E-state index in [9.17, 15) is 9.59 Å². The lowest BCUT2D eigenvalue weighted by atomic mass is 9.98. The highest BCUT2D eigenvalue weighted by Gasteiger charge is 2.24. The second-order valence-electron chi connectivity index (χ2n) is 7.04. The van der Waals surface area contributed by atoms with Crippen molar-refractivity contribution in [2.75, 3.05) is 18.2 Å². The summed E-state index contributed by atoms with van der Waals surface area (Å²) in [5, 5.41) is 5.10. The average molecular weight is 436 g/mol. The number of carbonyl (C=O) groups excluding carboxylic acids is 2. The van der Waals surface area contributed by atoms with E-state index in [-0.39, 0.29) is 23.3 Å². The number of nitrogens with one attached hydrogen (secondary N) is 2. The molecular weight excluding hydrogens is 414 g/mol. The molecule has 4 N–H and O–H groups in total. The van der Waals surface area contributed by atoms with Gasteiger partial charge >= 0.3 is 0 Å². The van der Waals surface area contributed by atoms with Crippen molar-refractivity contribution in [3.63, 3.8) is 0 Å². The lowest BCUT2D eigenvalue weighted by Crippen LogP contribution is -2.17. The minimum Gasteiger partial charge on any atom is -0.383 e. The molecule has 158 valence electrons. The topological polar surface area (TPSA) is 123 Å². The molecule has 4 aromatic rings. The normalized spacial score (nSPS) is 12.1. The molecular formula is C22H21N5O3S. The fraction of sp³-hybridized carbons (Fsp3) is 0.182. The van der Waals surface area contributed by atoms with Gasteiger partial charge in [-0.3, -0.25) is 9.59 Å². The Balaban J connectivity index is 1.58. The lowest BCUT2D eigenvalue weighted by molar-refractivity contribution is 0.0968. The van der Waals surface area contributed by atoms with Gasteiger partial charge in [0.05, 0.1) is 17.9 Å². The zero-order chi connectivity index (χ0) is 22.0. The van der Waals surface area contributed by atoms with Crippen LogP contribution in [0.15, 0.2) is 48.0 Å². The highest BCUT2D eigenvalue weighted by Crippen LogP contribution is 2.29. The van der Waals surface area contributed by atoms with Gasteiger partial charge in [0.25, 0.3) is 5.91 Å². The van der Waals surface area contributed by atoms with E-state index in [1.807, 2.05) is 36.6 Å². The van der Waals surface area contributed by atoms with Crippen molar-refractivity contribution < 1.29 is 14.3 Å². The molecule has 1 amide bonds. The number of Topliss-reactive ketones (excluding diaryl/α,β-unsaturated/α-hetero) is 1. The summed E-state index contributed by atoms with van der Waals surface area (Å²) in [5.41, 5.74) is 8.47. The van der Waals surface area contributed by atoms with E-state index >= 15 is 0 Å². The minimum atomic E-state index is -0.498. The molecule has 0 saturated carbocycles. The predicted octanol–water partition coefficient (Wildman–Crippen LogP) is 3.99. The number of nitrogen functional groups attached to an aromatic ring is 1. The van der Waals surface area contributed by atoms with E-state index in [1.165, 1.54) is 11.3 Å². The molecule has 0 aliphatic rings. The number of hydrogen-bond acceptors (Lipinski definition) is 7. The van der Waals surface area contributed by atoms with Crippen LogP contribution in [0.5, 0.6) is 0 Å². The van der Waals surface area contributed by atoms with Crippen LogP contribution in [0.25, 0.3) is 11.0 Å². The number of methoxy groups -OCH3 is 1. The number of hydrogen-bond donors (Lipinski definition) is 3. The second kappa shape index (κ2) is 8.66. The van der Waals surface area contributed by atoms with Gasteiger partial charge in [-0.15, -0.1) is 11.3 Å². The van der Waals surface area contributed by atoms with Crippen molar-refractivity contribution in [1.29, 1.82) is 0 Å². The number of nitrogens with two attached hydrogens (primary N) is 1. The summed E-state index contributed by atoms with van der Waals surface area (Å²) in [6.07, 6.45) is 1.57. The molecule has 8 nitrogen and oxygen atoms in total. The number of ketones is 1. The van der Waals surface area contributed by atoms with E-state index in [0.717, 1.165) is 10.4 Å².